The summed E-state index contributed by atoms with van der Waals surface area (Å²) in [5.41, 5.74) is 2.35. The lowest BCUT2D eigenvalue weighted by molar-refractivity contribution is -0.127. The molecule has 0 amide bonds. The average molecular weight is 406 g/mol. The second-order valence-electron chi connectivity index (χ2n) is 8.06. The van der Waals surface area contributed by atoms with Gasteiger partial charge in [-0.25, -0.2) is 0 Å². The number of ketones is 1. The van der Waals surface area contributed by atoms with E-state index >= 15 is 0 Å². The average Bonchev–Trinajstić information content (AvgIpc) is 3.34. The van der Waals surface area contributed by atoms with Crippen molar-refractivity contribution >= 4 is 29.0 Å². The van der Waals surface area contributed by atoms with Crippen LogP contribution in [-0.4, -0.2) is 17.0 Å². The Morgan fingerprint density at radius 1 is 1.07 bits per heavy atom. The molecule has 0 N–H and O–H groups in total. The highest BCUT2D eigenvalue weighted by molar-refractivity contribution is 6.39. The molecule has 4 nitrogen and oxygen atoms in total. The van der Waals surface area contributed by atoms with Crippen molar-refractivity contribution in [1.29, 1.82) is 0 Å². The third-order valence-corrected chi connectivity index (χ3v) is 6.83. The second kappa shape index (κ2) is 6.91. The lowest BCUT2D eigenvalue weighted by Crippen LogP contribution is -2.33. The molecule has 0 aliphatic heterocycles. The number of aromatic nitrogens is 1. The van der Waals surface area contributed by atoms with Gasteiger partial charge in [-0.1, -0.05) is 34.4 Å². The smallest absolute Gasteiger partial charge is 0.145 e. The van der Waals surface area contributed by atoms with E-state index in [0.29, 0.717) is 64.3 Å². The Kier molecular flexibility index (Phi) is 4.53. The molecule has 0 spiro atoms. The van der Waals surface area contributed by atoms with Crippen molar-refractivity contribution in [3.63, 3.8) is 0 Å². The van der Waals surface area contributed by atoms with Crippen LogP contribution in [0.1, 0.15) is 55.8 Å². The third-order valence-electron chi connectivity index (χ3n) is 6.20. The van der Waals surface area contributed by atoms with Gasteiger partial charge in [0.1, 0.15) is 17.2 Å². The van der Waals surface area contributed by atoms with E-state index in [9.17, 15) is 4.79 Å². The number of halogens is 2. The van der Waals surface area contributed by atoms with Crippen LogP contribution in [0.2, 0.25) is 10.0 Å². The zero-order valence-corrected chi connectivity index (χ0v) is 16.4. The van der Waals surface area contributed by atoms with E-state index in [2.05, 4.69) is 5.16 Å². The highest BCUT2D eigenvalue weighted by atomic mass is 35.5. The molecule has 1 heterocycles. The molecule has 0 saturated heterocycles. The van der Waals surface area contributed by atoms with Gasteiger partial charge in [-0.15, -0.1) is 0 Å². The van der Waals surface area contributed by atoms with Crippen molar-refractivity contribution in [2.45, 2.75) is 57.2 Å². The van der Waals surface area contributed by atoms with Gasteiger partial charge in [-0.3, -0.25) is 4.79 Å². The third kappa shape index (κ3) is 3.22. The standard InChI is InChI=1S/C21H21Cl2NO3/c22-16-2-1-3-17(23)18(16)19-15(21(27-24-19)11-4-5-11)10-26-20-12-6-7-13(20)9-14(25)8-12/h1-3,11-13,20H,4-10H2. The van der Waals surface area contributed by atoms with Gasteiger partial charge in [-0.05, 0) is 49.7 Å². The number of carbonyl (C=O) groups excluding carboxylic acids is 1. The normalized spacial score (nSPS) is 27.3. The van der Waals surface area contributed by atoms with E-state index < -0.39 is 0 Å². The first-order valence-electron chi connectivity index (χ1n) is 9.68. The number of Topliss-reactive ketones (excluding diaryl/α,β-unsaturated/α-hetero) is 1. The van der Waals surface area contributed by atoms with Gasteiger partial charge < -0.3 is 9.26 Å². The van der Waals surface area contributed by atoms with E-state index in [0.717, 1.165) is 37.0 Å². The summed E-state index contributed by atoms with van der Waals surface area (Å²) in [6, 6.07) is 5.45. The van der Waals surface area contributed by atoms with Crippen LogP contribution >= 0.6 is 23.2 Å². The first-order chi connectivity index (χ1) is 13.1. The monoisotopic (exact) mass is 405 g/mol. The predicted octanol–water partition coefficient (Wildman–Crippen LogP) is 5.80. The number of ether oxygens (including phenoxy) is 1. The molecule has 3 aliphatic rings. The summed E-state index contributed by atoms with van der Waals surface area (Å²) in [6.07, 6.45) is 5.86. The number of hydrogen-bond acceptors (Lipinski definition) is 4. The Morgan fingerprint density at radius 3 is 2.37 bits per heavy atom. The molecule has 0 radical (unpaired) electrons. The van der Waals surface area contributed by atoms with Crippen molar-refractivity contribution in [3.8, 4) is 11.3 Å². The van der Waals surface area contributed by atoms with Crippen LogP contribution in [0.3, 0.4) is 0 Å². The molecule has 1 aromatic carbocycles. The van der Waals surface area contributed by atoms with Gasteiger partial charge >= 0.3 is 0 Å². The maximum absolute atomic E-state index is 11.9. The first-order valence-corrected chi connectivity index (χ1v) is 10.4. The quantitative estimate of drug-likeness (QED) is 0.630. The summed E-state index contributed by atoms with van der Waals surface area (Å²) in [6.45, 7) is 0.429. The fraction of sp³-hybridized carbons (Fsp3) is 0.524. The van der Waals surface area contributed by atoms with Crippen molar-refractivity contribution in [1.82, 2.24) is 5.16 Å². The predicted molar refractivity (Wildman–Crippen MR) is 103 cm³/mol. The molecule has 3 fully saturated rings. The first kappa shape index (κ1) is 17.7. The molecule has 1 aromatic heterocycles. The second-order valence-corrected chi connectivity index (χ2v) is 8.88. The molecule has 142 valence electrons. The highest BCUT2D eigenvalue weighted by Crippen LogP contribution is 2.47. The minimum Gasteiger partial charge on any atom is -0.373 e. The lowest BCUT2D eigenvalue weighted by atomic mass is 9.85. The largest absolute Gasteiger partial charge is 0.373 e. The fourth-order valence-corrected chi connectivity index (χ4v) is 5.32. The molecule has 3 aliphatic carbocycles. The summed E-state index contributed by atoms with van der Waals surface area (Å²) in [5, 5.41) is 5.44. The van der Waals surface area contributed by atoms with Crippen LogP contribution in [0.25, 0.3) is 11.3 Å². The molecule has 2 bridgehead atoms. The SMILES string of the molecule is O=C1CC2CCC(C1)C2OCc1c(-c2c(Cl)cccc2Cl)noc1C1CC1. The molecular formula is C21H21Cl2NO3. The molecule has 2 atom stereocenters. The molecule has 2 unspecified atom stereocenters. The summed E-state index contributed by atoms with van der Waals surface area (Å²) >= 11 is 12.8. The van der Waals surface area contributed by atoms with E-state index in [-0.39, 0.29) is 6.10 Å². The molecule has 6 heteroatoms. The summed E-state index contributed by atoms with van der Waals surface area (Å²) in [7, 11) is 0. The molecule has 2 aromatic rings. The maximum Gasteiger partial charge on any atom is 0.145 e. The van der Waals surface area contributed by atoms with Crippen molar-refractivity contribution < 1.29 is 14.1 Å². The van der Waals surface area contributed by atoms with Crippen molar-refractivity contribution in [3.05, 3.63) is 39.6 Å². The lowest BCUT2D eigenvalue weighted by Gasteiger charge is -2.29. The topological polar surface area (TPSA) is 52.3 Å². The minimum atomic E-state index is 0.152. The van der Waals surface area contributed by atoms with Gasteiger partial charge in [0.15, 0.2) is 0 Å². The van der Waals surface area contributed by atoms with Crippen molar-refractivity contribution in [2.75, 3.05) is 0 Å². The van der Waals surface area contributed by atoms with E-state index in [1.54, 1.807) is 0 Å². The fourth-order valence-electron chi connectivity index (χ4n) is 4.75. The Hall–Kier alpha value is -1.36. The van der Waals surface area contributed by atoms with Crippen LogP contribution in [0.15, 0.2) is 22.7 Å². The van der Waals surface area contributed by atoms with Gasteiger partial charge in [0.2, 0.25) is 0 Å². The molecule has 27 heavy (non-hydrogen) atoms. The molecule has 5 rings (SSSR count). The van der Waals surface area contributed by atoms with E-state index in [1.165, 1.54) is 0 Å². The maximum atomic E-state index is 11.9. The van der Waals surface area contributed by atoms with Crippen LogP contribution in [-0.2, 0) is 16.1 Å². The van der Waals surface area contributed by atoms with Crippen LogP contribution in [0.4, 0.5) is 0 Å². The molecular weight excluding hydrogens is 385 g/mol. The van der Waals surface area contributed by atoms with E-state index in [4.69, 9.17) is 32.5 Å². The Labute approximate surface area is 168 Å². The minimum absolute atomic E-state index is 0.152. The molecule has 3 saturated carbocycles. The van der Waals surface area contributed by atoms with E-state index in [1.807, 2.05) is 18.2 Å². The van der Waals surface area contributed by atoms with Gasteiger partial charge in [0.25, 0.3) is 0 Å². The Bertz CT molecular complexity index is 853. The zero-order chi connectivity index (χ0) is 18.5. The van der Waals surface area contributed by atoms with Gasteiger partial charge in [0, 0.05) is 29.9 Å². The number of fused-ring (bicyclic) bond motifs is 2. The van der Waals surface area contributed by atoms with Gasteiger partial charge in [-0.2, -0.15) is 0 Å². The number of benzene rings is 1. The number of carbonyl (C=O) groups is 1. The van der Waals surface area contributed by atoms with Crippen LogP contribution in [0.5, 0.6) is 0 Å². The van der Waals surface area contributed by atoms with Gasteiger partial charge in [0.05, 0.1) is 22.8 Å². The van der Waals surface area contributed by atoms with Crippen molar-refractivity contribution in [2.24, 2.45) is 11.8 Å². The van der Waals surface area contributed by atoms with Crippen LogP contribution < -0.4 is 0 Å². The number of nitrogens with zero attached hydrogens (tertiary/aromatic N) is 1. The highest BCUT2D eigenvalue weighted by Gasteiger charge is 2.43. The number of rotatable bonds is 5. The Balaban J connectivity index is 1.45. The zero-order valence-electron chi connectivity index (χ0n) is 14.9. The Morgan fingerprint density at radius 2 is 1.74 bits per heavy atom. The number of hydrogen-bond donors (Lipinski definition) is 0. The van der Waals surface area contributed by atoms with Crippen LogP contribution in [0, 0.1) is 11.8 Å². The summed E-state index contributed by atoms with van der Waals surface area (Å²) in [5.74, 6) is 2.41. The summed E-state index contributed by atoms with van der Waals surface area (Å²) < 4.78 is 12.1. The summed E-state index contributed by atoms with van der Waals surface area (Å²) in [4.78, 5) is 11.9.